The lowest BCUT2D eigenvalue weighted by Gasteiger charge is -2.12. The number of pyridine rings is 2. The zero-order valence-corrected chi connectivity index (χ0v) is 20.2. The van der Waals surface area contributed by atoms with Gasteiger partial charge < -0.3 is 14.6 Å². The maximum atomic E-state index is 14.5. The molecule has 0 atom stereocenters. The monoisotopic (exact) mass is 494 g/mol. The maximum absolute atomic E-state index is 14.5. The largest absolute Gasteiger partial charge is 0.492 e. The average Bonchev–Trinajstić information content (AvgIpc) is 3.52. The van der Waals surface area contributed by atoms with Gasteiger partial charge in [-0.25, -0.2) is 19.3 Å². The highest BCUT2D eigenvalue weighted by Gasteiger charge is 2.16. The smallest absolute Gasteiger partial charge is 0.135 e. The number of ether oxygens (including phenoxy) is 1. The summed E-state index contributed by atoms with van der Waals surface area (Å²) in [5.41, 5.74) is 6.78. The number of aromatic amines is 2. The van der Waals surface area contributed by atoms with Crippen molar-refractivity contribution in [1.29, 1.82) is 0 Å². The van der Waals surface area contributed by atoms with Gasteiger partial charge in [-0.05, 0) is 50.0 Å². The van der Waals surface area contributed by atoms with Crippen LogP contribution in [0, 0.1) is 5.82 Å². The van der Waals surface area contributed by atoms with Gasteiger partial charge in [0.05, 0.1) is 28.6 Å². The summed E-state index contributed by atoms with van der Waals surface area (Å²) in [6.07, 6.45) is 8.40. The lowest BCUT2D eigenvalue weighted by molar-refractivity contribution is 0.260. The quantitative estimate of drug-likeness (QED) is 0.331. The van der Waals surface area contributed by atoms with Crippen LogP contribution in [0.25, 0.3) is 55.7 Å². The molecule has 0 amide bonds. The topological polar surface area (TPSA) is 108 Å². The van der Waals surface area contributed by atoms with E-state index in [9.17, 15) is 4.39 Å². The number of benzene rings is 1. The van der Waals surface area contributed by atoms with Crippen LogP contribution < -0.4 is 4.74 Å². The van der Waals surface area contributed by atoms with Crippen molar-refractivity contribution >= 4 is 21.9 Å². The summed E-state index contributed by atoms with van der Waals surface area (Å²) in [7, 11) is 3.93. The summed E-state index contributed by atoms with van der Waals surface area (Å²) >= 11 is 0. The minimum Gasteiger partial charge on any atom is -0.492 e. The van der Waals surface area contributed by atoms with E-state index < -0.39 is 0 Å². The third kappa shape index (κ3) is 4.50. The fraction of sp³-hybridized carbons (Fsp3) is 0.148. The van der Waals surface area contributed by atoms with Crippen molar-refractivity contribution in [3.05, 3.63) is 73.3 Å². The molecule has 184 valence electrons. The van der Waals surface area contributed by atoms with Gasteiger partial charge in [-0.2, -0.15) is 5.10 Å². The fourth-order valence-electron chi connectivity index (χ4n) is 4.24. The van der Waals surface area contributed by atoms with E-state index in [2.05, 4.69) is 30.1 Å². The molecule has 0 spiro atoms. The Labute approximate surface area is 211 Å². The van der Waals surface area contributed by atoms with Gasteiger partial charge in [0, 0.05) is 47.7 Å². The highest BCUT2D eigenvalue weighted by atomic mass is 19.1. The molecule has 0 aliphatic heterocycles. The molecule has 0 fully saturated rings. The van der Waals surface area contributed by atoms with Gasteiger partial charge in [-0.3, -0.25) is 10.1 Å². The van der Waals surface area contributed by atoms with Gasteiger partial charge in [0.2, 0.25) is 0 Å². The van der Waals surface area contributed by atoms with Crippen LogP contribution in [0.2, 0.25) is 0 Å². The molecule has 5 aromatic heterocycles. The Bertz CT molecular complexity index is 1710. The van der Waals surface area contributed by atoms with Crippen molar-refractivity contribution in [2.24, 2.45) is 0 Å². The van der Waals surface area contributed by atoms with Crippen LogP contribution in [0.15, 0.2) is 67.5 Å². The molecule has 0 unspecified atom stereocenters. The van der Waals surface area contributed by atoms with E-state index in [1.54, 1.807) is 24.8 Å². The zero-order chi connectivity index (χ0) is 25.4. The van der Waals surface area contributed by atoms with E-state index in [1.807, 2.05) is 43.3 Å². The Morgan fingerprint density at radius 3 is 2.62 bits per heavy atom. The lowest BCUT2D eigenvalue weighted by Crippen LogP contribution is -2.19. The van der Waals surface area contributed by atoms with Crippen molar-refractivity contribution in [2.75, 3.05) is 27.2 Å². The molecule has 0 aliphatic carbocycles. The van der Waals surface area contributed by atoms with Crippen LogP contribution in [0.3, 0.4) is 0 Å². The number of nitrogens with zero attached hydrogens (tertiary/aromatic N) is 6. The summed E-state index contributed by atoms with van der Waals surface area (Å²) < 4.78 is 20.3. The molecule has 2 N–H and O–H groups in total. The van der Waals surface area contributed by atoms with Crippen molar-refractivity contribution in [3.8, 4) is 39.5 Å². The predicted octanol–water partition coefficient (Wildman–Crippen LogP) is 4.70. The van der Waals surface area contributed by atoms with Crippen LogP contribution >= 0.6 is 0 Å². The van der Waals surface area contributed by atoms with Gasteiger partial charge in [0.15, 0.2) is 0 Å². The summed E-state index contributed by atoms with van der Waals surface area (Å²) in [6.45, 7) is 1.19. The van der Waals surface area contributed by atoms with Crippen molar-refractivity contribution in [3.63, 3.8) is 0 Å². The van der Waals surface area contributed by atoms with E-state index in [1.165, 1.54) is 18.5 Å². The molecule has 0 aliphatic rings. The molecular weight excluding hydrogens is 471 g/mol. The normalized spacial score (nSPS) is 11.6. The number of likely N-dealkylation sites (N-methyl/N-ethyl adjacent to an activating group) is 1. The number of hydrogen-bond donors (Lipinski definition) is 2. The van der Waals surface area contributed by atoms with Gasteiger partial charge in [-0.1, -0.05) is 0 Å². The molecule has 1 aromatic carbocycles. The second-order valence-corrected chi connectivity index (χ2v) is 8.95. The molecule has 0 saturated heterocycles. The Balaban J connectivity index is 1.41. The number of nitrogens with one attached hydrogen (secondary N) is 2. The summed E-state index contributed by atoms with van der Waals surface area (Å²) in [6, 6.07) is 10.5. The van der Waals surface area contributed by atoms with E-state index in [0.717, 1.165) is 45.5 Å². The molecule has 6 rings (SSSR count). The van der Waals surface area contributed by atoms with Crippen molar-refractivity contribution in [1.82, 2.24) is 40.0 Å². The number of rotatable bonds is 7. The minimum absolute atomic E-state index is 0.370. The van der Waals surface area contributed by atoms with Gasteiger partial charge >= 0.3 is 0 Å². The number of H-pyrrole nitrogens is 2. The van der Waals surface area contributed by atoms with Crippen LogP contribution in [0.4, 0.5) is 4.39 Å². The molecule has 6 aromatic rings. The van der Waals surface area contributed by atoms with Gasteiger partial charge in [0.25, 0.3) is 0 Å². The third-order valence-electron chi connectivity index (χ3n) is 6.05. The number of hydrogen-bond acceptors (Lipinski definition) is 7. The molecule has 9 nitrogen and oxygen atoms in total. The van der Waals surface area contributed by atoms with Crippen LogP contribution in [0.1, 0.15) is 0 Å². The molecule has 37 heavy (non-hydrogen) atoms. The third-order valence-corrected chi connectivity index (χ3v) is 6.05. The van der Waals surface area contributed by atoms with Crippen LogP contribution in [0.5, 0.6) is 5.75 Å². The molecule has 0 radical (unpaired) electrons. The first-order valence-electron chi connectivity index (χ1n) is 11.7. The zero-order valence-electron chi connectivity index (χ0n) is 20.2. The maximum Gasteiger partial charge on any atom is 0.135 e. The second kappa shape index (κ2) is 9.40. The SMILES string of the molecule is CN(C)CCOc1cc(F)cc(-c2cncc3[nH]c(-c4n[nH]c5ccc(-c6cncnc6)nc45)cc23)c1. The van der Waals surface area contributed by atoms with E-state index in [0.29, 0.717) is 29.1 Å². The first-order valence-corrected chi connectivity index (χ1v) is 11.7. The first-order chi connectivity index (χ1) is 18.0. The Morgan fingerprint density at radius 2 is 1.78 bits per heavy atom. The summed E-state index contributed by atoms with van der Waals surface area (Å²) in [5.74, 6) is 0.106. The van der Waals surface area contributed by atoms with E-state index in [4.69, 9.17) is 9.72 Å². The first kappa shape index (κ1) is 22.7. The van der Waals surface area contributed by atoms with Crippen LogP contribution in [-0.4, -0.2) is 67.3 Å². The average molecular weight is 495 g/mol. The van der Waals surface area contributed by atoms with Gasteiger partial charge in [-0.15, -0.1) is 0 Å². The van der Waals surface area contributed by atoms with E-state index >= 15 is 0 Å². The van der Waals surface area contributed by atoms with Crippen LogP contribution in [-0.2, 0) is 0 Å². The number of halogens is 1. The Morgan fingerprint density at radius 1 is 0.919 bits per heavy atom. The number of fused-ring (bicyclic) bond motifs is 2. The van der Waals surface area contributed by atoms with Gasteiger partial charge in [0.1, 0.15) is 35.7 Å². The summed E-state index contributed by atoms with van der Waals surface area (Å²) in [4.78, 5) is 22.8. The number of aromatic nitrogens is 7. The highest BCUT2D eigenvalue weighted by Crippen LogP contribution is 2.35. The van der Waals surface area contributed by atoms with Crippen molar-refractivity contribution < 1.29 is 9.13 Å². The molecule has 0 saturated carbocycles. The fourth-order valence-corrected chi connectivity index (χ4v) is 4.24. The minimum atomic E-state index is -0.370. The predicted molar refractivity (Wildman–Crippen MR) is 139 cm³/mol. The van der Waals surface area contributed by atoms with Crippen molar-refractivity contribution in [2.45, 2.75) is 0 Å². The Hall–Kier alpha value is -4.70. The van der Waals surface area contributed by atoms with E-state index in [-0.39, 0.29) is 5.82 Å². The standard InChI is InChI=1S/C27H23FN8O/c1-36(2)5-6-37-19-8-16(7-18(28)9-19)21-13-29-14-25-20(21)10-24(32-25)27-26-23(34-35-27)4-3-22(33-26)17-11-30-15-31-12-17/h3-4,7-15,32H,5-6H2,1-2H3,(H,34,35). The Kier molecular flexibility index (Phi) is 5.78. The molecule has 10 heteroatoms. The molecule has 0 bridgehead atoms. The molecular formula is C27H23FN8O. The molecule has 5 heterocycles. The second-order valence-electron chi connectivity index (χ2n) is 8.95. The summed E-state index contributed by atoms with van der Waals surface area (Å²) in [5, 5.41) is 8.46. The highest BCUT2D eigenvalue weighted by molar-refractivity contribution is 6.00. The lowest BCUT2D eigenvalue weighted by atomic mass is 10.0.